The summed E-state index contributed by atoms with van der Waals surface area (Å²) in [6, 6.07) is 16.6. The number of aliphatic hydroxyl groups is 2. The normalized spacial score (nSPS) is 16.0. The Morgan fingerprint density at radius 3 is 2.46 bits per heavy atom. The third-order valence-electron chi connectivity index (χ3n) is 6.31. The van der Waals surface area contributed by atoms with Gasteiger partial charge >= 0.3 is 5.97 Å². The number of aromatic carboxylic acids is 1. The lowest BCUT2D eigenvalue weighted by Gasteiger charge is -2.28. The number of amides is 2. The fraction of sp³-hybridized carbons (Fsp3) is 0.310. The number of hydrogen-bond donors (Lipinski definition) is 4. The largest absolute Gasteiger partial charge is 0.478 e. The second-order valence-electron chi connectivity index (χ2n) is 8.75. The van der Waals surface area contributed by atoms with Gasteiger partial charge < -0.3 is 25.5 Å². The molecule has 39 heavy (non-hydrogen) atoms. The number of carboxylic acids is 1. The third kappa shape index (κ3) is 7.20. The predicted molar refractivity (Wildman–Crippen MR) is 147 cm³/mol. The zero-order chi connectivity index (χ0) is 28.5. The predicted octanol–water partition coefficient (Wildman–Crippen LogP) is 3.83. The average Bonchev–Trinajstić information content (AvgIpc) is 3.46. The van der Waals surface area contributed by atoms with Crippen LogP contribution in [0, 0.1) is 0 Å². The molecular formula is C29H32ClN3O6. The van der Waals surface area contributed by atoms with E-state index in [0.717, 1.165) is 12.0 Å². The Hall–Kier alpha value is -3.79. The van der Waals surface area contributed by atoms with Gasteiger partial charge in [-0.05, 0) is 48.2 Å². The summed E-state index contributed by atoms with van der Waals surface area (Å²) in [6.45, 7) is 4.38. The van der Waals surface area contributed by atoms with E-state index in [1.807, 2.05) is 19.9 Å². The van der Waals surface area contributed by atoms with Gasteiger partial charge in [-0.15, -0.1) is 0 Å². The van der Waals surface area contributed by atoms with E-state index in [0.29, 0.717) is 34.8 Å². The van der Waals surface area contributed by atoms with Gasteiger partial charge in [-0.2, -0.15) is 0 Å². The van der Waals surface area contributed by atoms with Crippen molar-refractivity contribution in [1.29, 1.82) is 0 Å². The molecule has 2 amide bonds. The van der Waals surface area contributed by atoms with Gasteiger partial charge in [0.25, 0.3) is 11.8 Å². The Kier molecular flexibility index (Phi) is 10.6. The first kappa shape index (κ1) is 29.8. The van der Waals surface area contributed by atoms with Crippen molar-refractivity contribution in [3.05, 3.63) is 88.6 Å². The highest BCUT2D eigenvalue weighted by Gasteiger charge is 2.38. The number of carbonyl (C=O) groups is 3. The number of aliphatic hydroxyl groups excluding tert-OH is 2. The number of halogens is 1. The standard InChI is InChI=1S/C27H26ClN3O6.C2H6/c28-18-6-3-5-17(13-18)22-9-4-12-31(22)26(35)24(33)23(32)25(34)30-15-16-10-11-21(29-14-16)19-7-1-2-8-20(19)27(36)37;1-2/h1-3,5-8,10-11,13-14,22-24,32-33H,4,9,12,15H2,(H,30,34)(H,36,37);1-2H3. The molecule has 9 nitrogen and oxygen atoms in total. The van der Waals surface area contributed by atoms with Gasteiger partial charge in [0.15, 0.2) is 12.2 Å². The highest BCUT2D eigenvalue weighted by atomic mass is 35.5. The van der Waals surface area contributed by atoms with Crippen LogP contribution < -0.4 is 5.32 Å². The highest BCUT2D eigenvalue weighted by molar-refractivity contribution is 6.30. The molecule has 0 bridgehead atoms. The molecule has 2 aromatic carbocycles. The van der Waals surface area contributed by atoms with Crippen molar-refractivity contribution >= 4 is 29.4 Å². The summed E-state index contributed by atoms with van der Waals surface area (Å²) in [6.07, 6.45) is -1.00. The lowest BCUT2D eigenvalue weighted by atomic mass is 10.0. The van der Waals surface area contributed by atoms with E-state index in [4.69, 9.17) is 11.6 Å². The van der Waals surface area contributed by atoms with Crippen molar-refractivity contribution in [2.45, 2.75) is 51.5 Å². The highest BCUT2D eigenvalue weighted by Crippen LogP contribution is 2.33. The topological polar surface area (TPSA) is 140 Å². The Morgan fingerprint density at radius 1 is 1.05 bits per heavy atom. The maximum Gasteiger partial charge on any atom is 0.336 e. The molecule has 0 spiro atoms. The number of hydrogen-bond acceptors (Lipinski definition) is 6. The van der Waals surface area contributed by atoms with E-state index in [9.17, 15) is 29.7 Å². The van der Waals surface area contributed by atoms with Gasteiger partial charge in [-0.3, -0.25) is 14.6 Å². The number of rotatable bonds is 8. The Bertz CT molecular complexity index is 1300. The van der Waals surface area contributed by atoms with E-state index in [1.165, 1.54) is 17.2 Å². The minimum atomic E-state index is -1.96. The van der Waals surface area contributed by atoms with E-state index >= 15 is 0 Å². The Balaban J connectivity index is 0.00000205. The third-order valence-corrected chi connectivity index (χ3v) is 6.55. The van der Waals surface area contributed by atoms with Crippen LogP contribution in [0.2, 0.25) is 5.02 Å². The Morgan fingerprint density at radius 2 is 1.79 bits per heavy atom. The van der Waals surface area contributed by atoms with Crippen LogP contribution in [0.15, 0.2) is 66.9 Å². The Labute approximate surface area is 232 Å². The lowest BCUT2D eigenvalue weighted by molar-refractivity contribution is -0.153. The molecule has 3 unspecified atom stereocenters. The molecule has 0 aliphatic carbocycles. The van der Waals surface area contributed by atoms with Crippen LogP contribution in [0.4, 0.5) is 0 Å². The summed E-state index contributed by atoms with van der Waals surface area (Å²) in [5, 5.41) is 33.2. The fourth-order valence-electron chi connectivity index (χ4n) is 4.41. The smallest absolute Gasteiger partial charge is 0.336 e. The molecule has 4 rings (SSSR count). The minimum absolute atomic E-state index is 0.0144. The molecule has 1 fully saturated rings. The SMILES string of the molecule is CC.O=C(O)c1ccccc1-c1ccc(CNC(=O)C(O)C(O)C(=O)N2CCCC2c2cccc(Cl)c2)cn1. The molecule has 1 saturated heterocycles. The zero-order valence-corrected chi connectivity index (χ0v) is 22.5. The number of nitrogens with one attached hydrogen (secondary N) is 1. The molecule has 1 aliphatic rings. The number of carbonyl (C=O) groups excluding carboxylic acids is 2. The first-order chi connectivity index (χ1) is 18.8. The quantitative estimate of drug-likeness (QED) is 0.332. The van der Waals surface area contributed by atoms with Gasteiger partial charge in [0.2, 0.25) is 0 Å². The molecule has 3 aromatic rings. The summed E-state index contributed by atoms with van der Waals surface area (Å²) >= 11 is 6.08. The van der Waals surface area contributed by atoms with E-state index < -0.39 is 30.0 Å². The first-order valence-electron chi connectivity index (χ1n) is 12.7. The summed E-state index contributed by atoms with van der Waals surface area (Å²) in [4.78, 5) is 42.6. The van der Waals surface area contributed by atoms with Crippen molar-refractivity contribution < 1.29 is 29.7 Å². The van der Waals surface area contributed by atoms with E-state index in [-0.39, 0.29) is 18.2 Å². The summed E-state index contributed by atoms with van der Waals surface area (Å²) < 4.78 is 0. The van der Waals surface area contributed by atoms with Gasteiger partial charge in [-0.25, -0.2) is 4.79 Å². The number of pyridine rings is 1. The molecular weight excluding hydrogens is 522 g/mol. The van der Waals surface area contributed by atoms with Crippen LogP contribution in [-0.4, -0.2) is 61.7 Å². The van der Waals surface area contributed by atoms with Crippen LogP contribution in [0.5, 0.6) is 0 Å². The van der Waals surface area contributed by atoms with Crippen molar-refractivity contribution in [2.75, 3.05) is 6.54 Å². The molecule has 2 heterocycles. The van der Waals surface area contributed by atoms with Crippen molar-refractivity contribution in [3.8, 4) is 11.3 Å². The van der Waals surface area contributed by atoms with Crippen LogP contribution in [0.1, 0.15) is 54.2 Å². The van der Waals surface area contributed by atoms with Crippen LogP contribution in [0.3, 0.4) is 0 Å². The van der Waals surface area contributed by atoms with Gasteiger partial charge in [0.1, 0.15) is 0 Å². The number of aromatic nitrogens is 1. The maximum absolute atomic E-state index is 12.9. The van der Waals surface area contributed by atoms with Gasteiger partial charge in [-0.1, -0.05) is 61.8 Å². The molecule has 10 heteroatoms. The van der Waals surface area contributed by atoms with Crippen LogP contribution in [0.25, 0.3) is 11.3 Å². The van der Waals surface area contributed by atoms with Crippen molar-refractivity contribution in [3.63, 3.8) is 0 Å². The first-order valence-corrected chi connectivity index (χ1v) is 13.1. The molecule has 1 aliphatic heterocycles. The number of nitrogens with zero attached hydrogens (tertiary/aromatic N) is 2. The average molecular weight is 554 g/mol. The van der Waals surface area contributed by atoms with Crippen molar-refractivity contribution in [2.24, 2.45) is 0 Å². The zero-order valence-electron chi connectivity index (χ0n) is 21.8. The number of carboxylic acid groups (broad SMARTS) is 1. The summed E-state index contributed by atoms with van der Waals surface area (Å²) in [5.41, 5.74) is 2.44. The van der Waals surface area contributed by atoms with Crippen LogP contribution >= 0.6 is 11.6 Å². The summed E-state index contributed by atoms with van der Waals surface area (Å²) in [7, 11) is 0. The second kappa shape index (κ2) is 13.8. The van der Waals surface area contributed by atoms with Gasteiger partial charge in [0.05, 0.1) is 17.3 Å². The molecule has 206 valence electrons. The molecule has 1 aromatic heterocycles. The molecule has 3 atom stereocenters. The van der Waals surface area contributed by atoms with Gasteiger partial charge in [0, 0.05) is 29.9 Å². The minimum Gasteiger partial charge on any atom is -0.478 e. The van der Waals surface area contributed by atoms with E-state index in [1.54, 1.807) is 48.5 Å². The fourth-order valence-corrected chi connectivity index (χ4v) is 4.61. The number of likely N-dealkylation sites (tertiary alicyclic amines) is 1. The molecule has 0 radical (unpaired) electrons. The van der Waals surface area contributed by atoms with Crippen molar-refractivity contribution in [1.82, 2.24) is 15.2 Å². The molecule has 0 saturated carbocycles. The number of benzene rings is 2. The molecule has 4 N–H and O–H groups in total. The van der Waals surface area contributed by atoms with E-state index in [2.05, 4.69) is 10.3 Å². The van der Waals surface area contributed by atoms with Crippen LogP contribution in [-0.2, 0) is 16.1 Å². The maximum atomic E-state index is 12.9. The lowest BCUT2D eigenvalue weighted by Crippen LogP contribution is -2.50. The second-order valence-corrected chi connectivity index (χ2v) is 9.19. The monoisotopic (exact) mass is 553 g/mol. The summed E-state index contributed by atoms with van der Waals surface area (Å²) in [5.74, 6) is -2.70.